The topological polar surface area (TPSA) is 76.0 Å². The molecule has 0 radical (unpaired) electrons. The van der Waals surface area contributed by atoms with Crippen LogP contribution in [0, 0.1) is 0 Å². The first-order valence-corrected chi connectivity index (χ1v) is 10.3. The van der Waals surface area contributed by atoms with Crippen LogP contribution >= 0.6 is 34.8 Å². The molecule has 9 heteroatoms. The van der Waals surface area contributed by atoms with Gasteiger partial charge in [-0.05, 0) is 54.1 Å². The van der Waals surface area contributed by atoms with Crippen LogP contribution < -0.4 is 4.18 Å². The molecule has 28 heavy (non-hydrogen) atoms. The van der Waals surface area contributed by atoms with E-state index in [2.05, 4.69) is 4.99 Å². The fourth-order valence-corrected chi connectivity index (χ4v) is 4.10. The Bertz CT molecular complexity index is 1150. The minimum atomic E-state index is -4.20. The Balaban J connectivity index is 1.79. The highest BCUT2D eigenvalue weighted by molar-refractivity contribution is 7.87. The maximum absolute atomic E-state index is 12.5. The summed E-state index contributed by atoms with van der Waals surface area (Å²) in [5, 5.41) is 9.79. The van der Waals surface area contributed by atoms with E-state index in [0.717, 1.165) is 6.07 Å². The quantitative estimate of drug-likeness (QED) is 0.296. The number of phenolic OH excluding ortho intramolecular Hbond substituents is 1. The van der Waals surface area contributed by atoms with Gasteiger partial charge in [0.2, 0.25) is 0 Å². The van der Waals surface area contributed by atoms with Crippen molar-refractivity contribution in [1.82, 2.24) is 0 Å². The standard InChI is InChI=1S/C19H12Cl3NO4S/c20-14-9-16(22)19(10-15(14)21)28(25,26)27-13-7-5-12(6-8-13)11-23-17-3-1-2-4-18(17)24/h1-11,24H. The maximum Gasteiger partial charge on any atom is 0.340 e. The Morgan fingerprint density at radius 1 is 0.893 bits per heavy atom. The highest BCUT2D eigenvalue weighted by Gasteiger charge is 2.22. The molecule has 0 aliphatic carbocycles. The van der Waals surface area contributed by atoms with Crippen molar-refractivity contribution >= 4 is 56.8 Å². The van der Waals surface area contributed by atoms with E-state index in [1.165, 1.54) is 30.5 Å². The van der Waals surface area contributed by atoms with Crippen LogP contribution in [0.1, 0.15) is 5.56 Å². The Morgan fingerprint density at radius 2 is 1.54 bits per heavy atom. The number of rotatable bonds is 5. The van der Waals surface area contributed by atoms with E-state index in [1.807, 2.05) is 0 Å². The molecule has 0 spiro atoms. The molecular formula is C19H12Cl3NO4S. The van der Waals surface area contributed by atoms with Crippen molar-refractivity contribution in [1.29, 1.82) is 0 Å². The molecule has 0 aliphatic heterocycles. The van der Waals surface area contributed by atoms with Crippen LogP contribution in [0.5, 0.6) is 11.5 Å². The van der Waals surface area contributed by atoms with Gasteiger partial charge in [-0.1, -0.05) is 46.9 Å². The maximum atomic E-state index is 12.5. The molecule has 0 amide bonds. The molecule has 144 valence electrons. The first-order valence-electron chi connectivity index (χ1n) is 7.77. The molecule has 0 heterocycles. The molecule has 0 fully saturated rings. The average molecular weight is 457 g/mol. The Morgan fingerprint density at radius 3 is 2.21 bits per heavy atom. The number of aromatic hydroxyl groups is 1. The third-order valence-corrected chi connectivity index (χ3v) is 6.00. The van der Waals surface area contributed by atoms with Gasteiger partial charge >= 0.3 is 10.1 Å². The number of hydrogen-bond donors (Lipinski definition) is 1. The lowest BCUT2D eigenvalue weighted by Crippen LogP contribution is -2.10. The Labute approximate surface area is 176 Å². The van der Waals surface area contributed by atoms with E-state index in [4.69, 9.17) is 39.0 Å². The average Bonchev–Trinajstić information content (AvgIpc) is 2.65. The molecule has 0 aromatic heterocycles. The van der Waals surface area contributed by atoms with Gasteiger partial charge in [-0.3, -0.25) is 4.99 Å². The van der Waals surface area contributed by atoms with Crippen molar-refractivity contribution < 1.29 is 17.7 Å². The van der Waals surface area contributed by atoms with Gasteiger partial charge in [0, 0.05) is 6.21 Å². The van der Waals surface area contributed by atoms with E-state index in [-0.39, 0.29) is 31.5 Å². The van der Waals surface area contributed by atoms with Gasteiger partial charge in [0.1, 0.15) is 22.1 Å². The molecule has 5 nitrogen and oxygen atoms in total. The zero-order valence-electron chi connectivity index (χ0n) is 14.0. The predicted octanol–water partition coefficient (Wildman–Crippen LogP) is 5.87. The molecule has 0 atom stereocenters. The molecule has 3 aromatic rings. The van der Waals surface area contributed by atoms with Gasteiger partial charge in [0.25, 0.3) is 0 Å². The minimum absolute atomic E-state index is 0.0453. The molecule has 0 bridgehead atoms. The zero-order chi connectivity index (χ0) is 20.3. The molecule has 0 unspecified atom stereocenters. The van der Waals surface area contributed by atoms with E-state index in [1.54, 1.807) is 30.3 Å². The summed E-state index contributed by atoms with van der Waals surface area (Å²) in [7, 11) is -4.20. The summed E-state index contributed by atoms with van der Waals surface area (Å²) < 4.78 is 30.0. The fraction of sp³-hybridized carbons (Fsp3) is 0. The second-order valence-electron chi connectivity index (χ2n) is 5.55. The zero-order valence-corrected chi connectivity index (χ0v) is 17.1. The minimum Gasteiger partial charge on any atom is -0.506 e. The SMILES string of the molecule is O=S(=O)(Oc1ccc(C=Nc2ccccc2O)cc1)c1cc(Cl)c(Cl)cc1Cl. The molecule has 3 rings (SSSR count). The number of hydrogen-bond acceptors (Lipinski definition) is 5. The summed E-state index contributed by atoms with van der Waals surface area (Å²) in [6, 6.07) is 15.2. The van der Waals surface area contributed by atoms with Crippen LogP contribution in [-0.4, -0.2) is 19.7 Å². The lowest BCUT2D eigenvalue weighted by atomic mass is 10.2. The molecule has 0 saturated heterocycles. The fourth-order valence-electron chi connectivity index (χ4n) is 2.19. The first-order chi connectivity index (χ1) is 13.3. The third-order valence-electron chi connectivity index (χ3n) is 3.56. The van der Waals surface area contributed by atoms with Crippen LogP contribution in [0.15, 0.2) is 70.6 Å². The number of para-hydroxylation sites is 2. The van der Waals surface area contributed by atoms with Crippen molar-refractivity contribution in [2.45, 2.75) is 4.90 Å². The second kappa shape index (κ2) is 8.41. The van der Waals surface area contributed by atoms with Gasteiger partial charge in [-0.2, -0.15) is 8.42 Å². The summed E-state index contributed by atoms with van der Waals surface area (Å²) in [5.41, 5.74) is 1.10. The van der Waals surface area contributed by atoms with Gasteiger partial charge in [-0.25, -0.2) is 0 Å². The van der Waals surface area contributed by atoms with E-state index < -0.39 is 10.1 Å². The van der Waals surface area contributed by atoms with Crippen molar-refractivity contribution in [2.75, 3.05) is 0 Å². The largest absolute Gasteiger partial charge is 0.506 e. The van der Waals surface area contributed by atoms with Crippen molar-refractivity contribution in [3.8, 4) is 11.5 Å². The summed E-state index contributed by atoms with van der Waals surface area (Å²) in [4.78, 5) is 3.90. The third kappa shape index (κ3) is 4.77. The van der Waals surface area contributed by atoms with Crippen LogP contribution in [0.4, 0.5) is 5.69 Å². The number of aliphatic imine (C=N–C) groups is 1. The highest BCUT2D eigenvalue weighted by Crippen LogP contribution is 2.33. The summed E-state index contributed by atoms with van der Waals surface area (Å²) >= 11 is 17.6. The summed E-state index contributed by atoms with van der Waals surface area (Å²) in [5.74, 6) is 0.144. The highest BCUT2D eigenvalue weighted by atomic mass is 35.5. The molecule has 1 N–H and O–H groups in total. The number of benzene rings is 3. The molecular weight excluding hydrogens is 445 g/mol. The lowest BCUT2D eigenvalue weighted by Gasteiger charge is -2.09. The van der Waals surface area contributed by atoms with Crippen molar-refractivity contribution in [3.63, 3.8) is 0 Å². The summed E-state index contributed by atoms with van der Waals surface area (Å²) in [6.45, 7) is 0. The number of halogens is 3. The van der Waals surface area contributed by atoms with Crippen LogP contribution in [0.25, 0.3) is 0 Å². The molecule has 0 aliphatic rings. The van der Waals surface area contributed by atoms with E-state index in [0.29, 0.717) is 11.3 Å². The van der Waals surface area contributed by atoms with E-state index in [9.17, 15) is 13.5 Å². The normalized spacial score (nSPS) is 11.7. The van der Waals surface area contributed by atoms with Crippen LogP contribution in [0.2, 0.25) is 15.1 Å². The number of phenols is 1. The predicted molar refractivity (Wildman–Crippen MR) is 111 cm³/mol. The lowest BCUT2D eigenvalue weighted by molar-refractivity contribution is 0.477. The molecule has 3 aromatic carbocycles. The number of nitrogens with zero attached hydrogens (tertiary/aromatic N) is 1. The van der Waals surface area contributed by atoms with Crippen LogP contribution in [0.3, 0.4) is 0 Å². The molecule has 0 saturated carbocycles. The monoisotopic (exact) mass is 455 g/mol. The van der Waals surface area contributed by atoms with E-state index >= 15 is 0 Å². The summed E-state index contributed by atoms with van der Waals surface area (Å²) in [6.07, 6.45) is 1.53. The van der Waals surface area contributed by atoms with Gasteiger partial charge in [0.15, 0.2) is 0 Å². The Hall–Kier alpha value is -2.25. The second-order valence-corrected chi connectivity index (χ2v) is 8.29. The van der Waals surface area contributed by atoms with Crippen molar-refractivity contribution in [3.05, 3.63) is 81.3 Å². The first kappa shape index (κ1) is 20.5. The smallest absolute Gasteiger partial charge is 0.340 e. The van der Waals surface area contributed by atoms with Gasteiger partial charge < -0.3 is 9.29 Å². The van der Waals surface area contributed by atoms with Gasteiger partial charge in [-0.15, -0.1) is 0 Å². The van der Waals surface area contributed by atoms with Crippen molar-refractivity contribution in [2.24, 2.45) is 4.99 Å². The van der Waals surface area contributed by atoms with Crippen LogP contribution in [-0.2, 0) is 10.1 Å². The Kier molecular flexibility index (Phi) is 6.15. The van der Waals surface area contributed by atoms with Gasteiger partial charge in [0.05, 0.1) is 15.1 Å².